The molecule has 0 radical (unpaired) electrons. The van der Waals surface area contributed by atoms with E-state index in [0.717, 1.165) is 12.3 Å². The van der Waals surface area contributed by atoms with Crippen molar-refractivity contribution in [1.82, 2.24) is 5.32 Å². The first-order chi connectivity index (χ1) is 8.22. The van der Waals surface area contributed by atoms with Gasteiger partial charge >= 0.3 is 0 Å². The van der Waals surface area contributed by atoms with E-state index in [1.807, 2.05) is 24.3 Å². The Morgan fingerprint density at radius 2 is 2.18 bits per heavy atom. The first-order valence-electron chi connectivity index (χ1n) is 5.86. The molecule has 0 aliphatic carbocycles. The number of methoxy groups -OCH3 is 1. The van der Waals surface area contributed by atoms with Crippen LogP contribution in [0.15, 0.2) is 24.3 Å². The maximum atomic E-state index is 10.0. The van der Waals surface area contributed by atoms with Gasteiger partial charge in [-0.1, -0.05) is 12.1 Å². The van der Waals surface area contributed by atoms with Crippen molar-refractivity contribution in [2.45, 2.75) is 18.6 Å². The van der Waals surface area contributed by atoms with E-state index >= 15 is 0 Å². The summed E-state index contributed by atoms with van der Waals surface area (Å²) in [6, 6.07) is 7.90. The van der Waals surface area contributed by atoms with Crippen molar-refractivity contribution in [3.8, 4) is 5.75 Å². The van der Waals surface area contributed by atoms with Gasteiger partial charge < -0.3 is 19.9 Å². The van der Waals surface area contributed by atoms with Gasteiger partial charge in [-0.2, -0.15) is 0 Å². The van der Waals surface area contributed by atoms with Crippen LogP contribution in [0, 0.1) is 0 Å². The summed E-state index contributed by atoms with van der Waals surface area (Å²) in [5.74, 6) is 0.858. The average Bonchev–Trinajstić information content (AvgIpc) is 2.77. The van der Waals surface area contributed by atoms with Crippen LogP contribution in [0.25, 0.3) is 0 Å². The maximum Gasteiger partial charge on any atom is 0.118 e. The van der Waals surface area contributed by atoms with E-state index in [0.29, 0.717) is 26.2 Å². The molecule has 0 spiro atoms. The number of ether oxygens (including phenoxy) is 2. The molecule has 1 aromatic rings. The SMILES string of the molecule is COc1ccc(CNCC2(O)CCOC2)cc1. The van der Waals surface area contributed by atoms with Gasteiger partial charge in [0, 0.05) is 26.1 Å². The highest BCUT2D eigenvalue weighted by molar-refractivity contribution is 5.27. The van der Waals surface area contributed by atoms with Crippen LogP contribution in [0.1, 0.15) is 12.0 Å². The lowest BCUT2D eigenvalue weighted by Crippen LogP contribution is -2.40. The number of hydrogen-bond acceptors (Lipinski definition) is 4. The molecule has 94 valence electrons. The Morgan fingerprint density at radius 3 is 2.76 bits per heavy atom. The monoisotopic (exact) mass is 237 g/mol. The van der Waals surface area contributed by atoms with Gasteiger partial charge in [0.25, 0.3) is 0 Å². The van der Waals surface area contributed by atoms with Gasteiger partial charge in [-0.3, -0.25) is 0 Å². The van der Waals surface area contributed by atoms with Gasteiger partial charge in [0.05, 0.1) is 13.7 Å². The second-order valence-electron chi connectivity index (χ2n) is 4.48. The van der Waals surface area contributed by atoms with Crippen LogP contribution in [-0.2, 0) is 11.3 Å². The van der Waals surface area contributed by atoms with E-state index in [1.54, 1.807) is 7.11 Å². The zero-order valence-corrected chi connectivity index (χ0v) is 10.1. The van der Waals surface area contributed by atoms with E-state index in [4.69, 9.17) is 9.47 Å². The first kappa shape index (κ1) is 12.4. The molecule has 1 aromatic carbocycles. The molecule has 1 fully saturated rings. The lowest BCUT2D eigenvalue weighted by Gasteiger charge is -2.20. The molecule has 1 aliphatic rings. The first-order valence-corrected chi connectivity index (χ1v) is 5.86. The topological polar surface area (TPSA) is 50.7 Å². The van der Waals surface area contributed by atoms with Crippen molar-refractivity contribution in [3.05, 3.63) is 29.8 Å². The fourth-order valence-corrected chi connectivity index (χ4v) is 1.92. The van der Waals surface area contributed by atoms with E-state index in [-0.39, 0.29) is 0 Å². The second-order valence-corrected chi connectivity index (χ2v) is 4.48. The van der Waals surface area contributed by atoms with Crippen molar-refractivity contribution in [2.75, 3.05) is 26.9 Å². The predicted octanol–water partition coefficient (Wildman–Crippen LogP) is 0.936. The minimum Gasteiger partial charge on any atom is -0.497 e. The van der Waals surface area contributed by atoms with Crippen molar-refractivity contribution in [2.24, 2.45) is 0 Å². The fraction of sp³-hybridized carbons (Fsp3) is 0.538. The molecule has 17 heavy (non-hydrogen) atoms. The number of hydrogen-bond donors (Lipinski definition) is 2. The molecule has 0 aromatic heterocycles. The van der Waals surface area contributed by atoms with Gasteiger partial charge in [0.1, 0.15) is 11.4 Å². The zero-order chi connectivity index (χ0) is 12.1. The van der Waals surface area contributed by atoms with Gasteiger partial charge in [0.2, 0.25) is 0 Å². The Morgan fingerprint density at radius 1 is 1.41 bits per heavy atom. The van der Waals surface area contributed by atoms with Crippen LogP contribution >= 0.6 is 0 Å². The Balaban J connectivity index is 1.77. The standard InChI is InChI=1S/C13H19NO3/c1-16-12-4-2-11(3-5-12)8-14-9-13(15)6-7-17-10-13/h2-5,14-15H,6-10H2,1H3. The van der Waals surface area contributed by atoms with Crippen molar-refractivity contribution >= 4 is 0 Å². The highest BCUT2D eigenvalue weighted by Crippen LogP contribution is 2.17. The normalized spacial score (nSPS) is 23.9. The lowest BCUT2D eigenvalue weighted by atomic mass is 10.0. The molecule has 4 nitrogen and oxygen atoms in total. The summed E-state index contributed by atoms with van der Waals surface area (Å²) < 4.78 is 10.3. The summed E-state index contributed by atoms with van der Waals surface area (Å²) in [6.45, 7) is 2.40. The Labute approximate surface area is 102 Å². The van der Waals surface area contributed by atoms with Gasteiger partial charge in [-0.15, -0.1) is 0 Å². The number of rotatable bonds is 5. The molecule has 1 unspecified atom stereocenters. The van der Waals surface area contributed by atoms with Gasteiger partial charge in [-0.25, -0.2) is 0 Å². The zero-order valence-electron chi connectivity index (χ0n) is 10.1. The van der Waals surface area contributed by atoms with Crippen molar-refractivity contribution in [1.29, 1.82) is 0 Å². The second kappa shape index (κ2) is 5.49. The summed E-state index contributed by atoms with van der Waals surface area (Å²) >= 11 is 0. The maximum absolute atomic E-state index is 10.0. The molecule has 1 heterocycles. The van der Waals surface area contributed by atoms with Crippen LogP contribution in [0.2, 0.25) is 0 Å². The molecule has 1 atom stereocenters. The molecule has 0 bridgehead atoms. The molecular formula is C13H19NO3. The molecular weight excluding hydrogens is 218 g/mol. The third kappa shape index (κ3) is 3.43. The Kier molecular flexibility index (Phi) is 3.99. The average molecular weight is 237 g/mol. The third-order valence-corrected chi connectivity index (χ3v) is 3.02. The minimum absolute atomic E-state index is 0.433. The van der Waals surface area contributed by atoms with Crippen LogP contribution in [0.3, 0.4) is 0 Å². The molecule has 0 amide bonds. The van der Waals surface area contributed by atoms with Crippen LogP contribution in [0.5, 0.6) is 5.75 Å². The quantitative estimate of drug-likeness (QED) is 0.800. The van der Waals surface area contributed by atoms with Gasteiger partial charge in [-0.05, 0) is 17.7 Å². The Hall–Kier alpha value is -1.10. The minimum atomic E-state index is -0.688. The van der Waals surface area contributed by atoms with Crippen LogP contribution in [-0.4, -0.2) is 37.6 Å². The van der Waals surface area contributed by atoms with E-state index < -0.39 is 5.60 Å². The number of aliphatic hydroxyl groups is 1. The predicted molar refractivity (Wildman–Crippen MR) is 65.1 cm³/mol. The van der Waals surface area contributed by atoms with Crippen LogP contribution < -0.4 is 10.1 Å². The summed E-state index contributed by atoms with van der Waals surface area (Å²) in [7, 11) is 1.66. The molecule has 1 saturated heterocycles. The molecule has 1 aliphatic heterocycles. The molecule has 2 rings (SSSR count). The number of benzene rings is 1. The summed E-state index contributed by atoms with van der Waals surface area (Å²) in [5.41, 5.74) is 0.486. The summed E-state index contributed by atoms with van der Waals surface area (Å²) in [5, 5.41) is 13.3. The van der Waals surface area contributed by atoms with Gasteiger partial charge in [0.15, 0.2) is 0 Å². The lowest BCUT2D eigenvalue weighted by molar-refractivity contribution is 0.0268. The van der Waals surface area contributed by atoms with E-state index in [1.165, 1.54) is 5.56 Å². The summed E-state index contributed by atoms with van der Waals surface area (Å²) in [4.78, 5) is 0. The smallest absolute Gasteiger partial charge is 0.118 e. The number of nitrogens with one attached hydrogen (secondary N) is 1. The third-order valence-electron chi connectivity index (χ3n) is 3.02. The van der Waals surface area contributed by atoms with Crippen molar-refractivity contribution < 1.29 is 14.6 Å². The largest absolute Gasteiger partial charge is 0.497 e. The Bertz CT molecular complexity index is 344. The molecule has 4 heteroatoms. The van der Waals surface area contributed by atoms with E-state index in [9.17, 15) is 5.11 Å². The fourth-order valence-electron chi connectivity index (χ4n) is 1.92. The highest BCUT2D eigenvalue weighted by Gasteiger charge is 2.31. The molecule has 0 saturated carbocycles. The highest BCUT2D eigenvalue weighted by atomic mass is 16.5. The van der Waals surface area contributed by atoms with Crippen LogP contribution in [0.4, 0.5) is 0 Å². The molecule has 2 N–H and O–H groups in total. The van der Waals surface area contributed by atoms with Crippen molar-refractivity contribution in [3.63, 3.8) is 0 Å². The summed E-state index contributed by atoms with van der Waals surface area (Å²) in [6.07, 6.45) is 0.711. The van der Waals surface area contributed by atoms with E-state index in [2.05, 4.69) is 5.32 Å².